The molecule has 0 bridgehead atoms. The predicted octanol–water partition coefficient (Wildman–Crippen LogP) is 4.58. The molecule has 0 unspecified atom stereocenters. The number of rotatable bonds is 6. The maximum absolute atomic E-state index is 12.3. The van der Waals surface area contributed by atoms with Crippen molar-refractivity contribution >= 4 is 45.4 Å². The third kappa shape index (κ3) is 3.91. The number of para-hydroxylation sites is 1. The largest absolute Gasteiger partial charge is 0.403 e. The van der Waals surface area contributed by atoms with Crippen LogP contribution in [-0.2, 0) is 0 Å². The number of carbonyl (C=O) groups is 2. The summed E-state index contributed by atoms with van der Waals surface area (Å²) in [6.07, 6.45) is 0. The van der Waals surface area contributed by atoms with Crippen LogP contribution in [0.1, 0.15) is 27.0 Å². The molecule has 0 saturated heterocycles. The van der Waals surface area contributed by atoms with Crippen molar-refractivity contribution in [2.75, 3.05) is 16.4 Å². The minimum Gasteiger partial charge on any atom is -0.403 e. The lowest BCUT2D eigenvalue weighted by Crippen LogP contribution is -2.11. The second-order valence-corrected chi connectivity index (χ2v) is 7.35. The number of ketones is 1. The van der Waals surface area contributed by atoms with Crippen molar-refractivity contribution in [3.8, 4) is 11.5 Å². The van der Waals surface area contributed by atoms with Crippen LogP contribution in [0.15, 0.2) is 65.1 Å². The zero-order valence-corrected chi connectivity index (χ0v) is 16.7. The highest BCUT2D eigenvalue weighted by atomic mass is 32.1. The van der Waals surface area contributed by atoms with E-state index in [2.05, 4.69) is 20.8 Å². The fourth-order valence-corrected chi connectivity index (χ4v) is 3.82. The number of thiophene rings is 1. The number of hydrogen-bond acceptors (Lipinski definition) is 8. The topological polar surface area (TPSA) is 123 Å². The van der Waals surface area contributed by atoms with E-state index >= 15 is 0 Å². The van der Waals surface area contributed by atoms with Crippen molar-refractivity contribution in [2.45, 2.75) is 6.92 Å². The van der Waals surface area contributed by atoms with E-state index in [-0.39, 0.29) is 29.3 Å². The van der Waals surface area contributed by atoms with Crippen molar-refractivity contribution in [3.05, 3.63) is 71.1 Å². The average Bonchev–Trinajstić information content (AvgIpc) is 3.33. The van der Waals surface area contributed by atoms with Crippen LogP contribution >= 0.6 is 11.3 Å². The molecule has 0 radical (unpaired) electrons. The van der Waals surface area contributed by atoms with E-state index in [4.69, 9.17) is 10.2 Å². The number of aromatic nitrogens is 2. The number of Topliss-reactive ketones (excluding diaryl/α,β-unsaturated/α-hetero) is 1. The maximum Gasteiger partial charge on any atom is 0.322 e. The molecule has 0 aliphatic carbocycles. The van der Waals surface area contributed by atoms with Crippen LogP contribution < -0.4 is 16.4 Å². The summed E-state index contributed by atoms with van der Waals surface area (Å²) in [7, 11) is 0. The zero-order valence-electron chi connectivity index (χ0n) is 15.9. The normalized spacial score (nSPS) is 10.6. The third-order valence-electron chi connectivity index (χ3n) is 4.19. The molecule has 4 N–H and O–H groups in total. The molecule has 30 heavy (non-hydrogen) atoms. The van der Waals surface area contributed by atoms with Gasteiger partial charge in [0.2, 0.25) is 0 Å². The van der Waals surface area contributed by atoms with Gasteiger partial charge in [0, 0.05) is 18.2 Å². The molecule has 0 aliphatic rings. The number of nitrogens with two attached hydrogens (primary N) is 1. The molecule has 1 amide bonds. The first-order chi connectivity index (χ1) is 14.5. The summed E-state index contributed by atoms with van der Waals surface area (Å²) in [5, 5.41) is 14.3. The molecule has 2 aromatic heterocycles. The molecule has 8 nitrogen and oxygen atoms in total. The molecule has 4 aromatic rings. The zero-order chi connectivity index (χ0) is 21.1. The number of nitrogens with zero attached hydrogens (tertiary/aromatic N) is 2. The molecule has 0 atom stereocenters. The monoisotopic (exact) mass is 419 g/mol. The van der Waals surface area contributed by atoms with Crippen molar-refractivity contribution in [1.82, 2.24) is 10.2 Å². The van der Waals surface area contributed by atoms with Gasteiger partial charge in [-0.2, -0.15) is 0 Å². The van der Waals surface area contributed by atoms with E-state index in [9.17, 15) is 9.59 Å². The maximum atomic E-state index is 12.3. The number of hydrogen-bond donors (Lipinski definition) is 3. The van der Waals surface area contributed by atoms with Gasteiger partial charge in [-0.3, -0.25) is 14.9 Å². The highest BCUT2D eigenvalue weighted by Crippen LogP contribution is 2.44. The minimum atomic E-state index is -0.379. The van der Waals surface area contributed by atoms with Gasteiger partial charge in [0.25, 0.3) is 11.8 Å². The van der Waals surface area contributed by atoms with Crippen LogP contribution in [0.2, 0.25) is 0 Å². The van der Waals surface area contributed by atoms with Gasteiger partial charge in [0.1, 0.15) is 5.00 Å². The van der Waals surface area contributed by atoms with E-state index in [1.54, 1.807) is 24.3 Å². The Morgan fingerprint density at radius 3 is 2.33 bits per heavy atom. The molecule has 9 heteroatoms. The first-order valence-corrected chi connectivity index (χ1v) is 9.80. The van der Waals surface area contributed by atoms with Crippen LogP contribution in [0.4, 0.5) is 22.4 Å². The Morgan fingerprint density at radius 2 is 1.67 bits per heavy atom. The Morgan fingerprint density at radius 1 is 1.00 bits per heavy atom. The molecular formula is C21H17N5O3S. The summed E-state index contributed by atoms with van der Waals surface area (Å²) in [6, 6.07) is 18.0. The van der Waals surface area contributed by atoms with Crippen LogP contribution in [0.25, 0.3) is 11.5 Å². The Bertz CT molecular complexity index is 1200. The van der Waals surface area contributed by atoms with Gasteiger partial charge in [0.15, 0.2) is 5.78 Å². The smallest absolute Gasteiger partial charge is 0.322 e. The van der Waals surface area contributed by atoms with E-state index in [0.29, 0.717) is 21.0 Å². The lowest BCUT2D eigenvalue weighted by atomic mass is 10.2. The quantitative estimate of drug-likeness (QED) is 0.391. The number of benzene rings is 2. The predicted molar refractivity (Wildman–Crippen MR) is 116 cm³/mol. The molecule has 2 heterocycles. The Hall–Kier alpha value is -3.98. The van der Waals surface area contributed by atoms with Gasteiger partial charge in [-0.25, -0.2) is 0 Å². The van der Waals surface area contributed by atoms with Gasteiger partial charge in [0.05, 0.1) is 16.1 Å². The number of anilines is 4. The van der Waals surface area contributed by atoms with Gasteiger partial charge in [-0.15, -0.1) is 16.4 Å². The number of nitrogen functional groups attached to an aromatic ring is 1. The lowest BCUT2D eigenvalue weighted by Gasteiger charge is -2.05. The molecule has 0 aliphatic heterocycles. The Kier molecular flexibility index (Phi) is 5.27. The first kappa shape index (κ1) is 19.3. The van der Waals surface area contributed by atoms with Crippen LogP contribution in [0.3, 0.4) is 0 Å². The van der Waals surface area contributed by atoms with Crippen LogP contribution in [0, 0.1) is 0 Å². The van der Waals surface area contributed by atoms with E-state index in [1.807, 2.05) is 36.4 Å². The SMILES string of the molecule is CC(=O)c1sc(Nc2ccccc2)c(-c2nnc(NC(=O)c3ccccc3)o2)c1N. The van der Waals surface area contributed by atoms with E-state index in [1.165, 1.54) is 18.3 Å². The van der Waals surface area contributed by atoms with Gasteiger partial charge in [-0.1, -0.05) is 41.5 Å². The Balaban J connectivity index is 1.66. The average molecular weight is 419 g/mol. The highest BCUT2D eigenvalue weighted by molar-refractivity contribution is 7.19. The lowest BCUT2D eigenvalue weighted by molar-refractivity contribution is 0.101. The molecule has 0 spiro atoms. The molecule has 0 fully saturated rings. The van der Waals surface area contributed by atoms with E-state index < -0.39 is 0 Å². The Labute approximate surface area is 175 Å². The van der Waals surface area contributed by atoms with Crippen LogP contribution in [0.5, 0.6) is 0 Å². The number of amides is 1. The fourth-order valence-electron chi connectivity index (χ4n) is 2.79. The summed E-state index contributed by atoms with van der Waals surface area (Å²) in [5.41, 5.74) is 8.16. The van der Waals surface area contributed by atoms with Crippen molar-refractivity contribution in [2.24, 2.45) is 0 Å². The van der Waals surface area contributed by atoms with Crippen molar-refractivity contribution in [1.29, 1.82) is 0 Å². The summed E-state index contributed by atoms with van der Waals surface area (Å²) in [4.78, 5) is 24.7. The molecular weight excluding hydrogens is 402 g/mol. The second kappa shape index (κ2) is 8.18. The summed E-state index contributed by atoms with van der Waals surface area (Å²) < 4.78 is 5.64. The second-order valence-electron chi connectivity index (χ2n) is 6.33. The molecule has 2 aromatic carbocycles. The molecule has 0 saturated carbocycles. The van der Waals surface area contributed by atoms with Crippen molar-refractivity contribution < 1.29 is 14.0 Å². The van der Waals surface area contributed by atoms with Gasteiger partial charge < -0.3 is 15.5 Å². The first-order valence-electron chi connectivity index (χ1n) is 8.98. The van der Waals surface area contributed by atoms with Gasteiger partial charge >= 0.3 is 6.01 Å². The third-order valence-corrected chi connectivity index (χ3v) is 5.41. The number of carbonyl (C=O) groups excluding carboxylic acids is 2. The molecule has 150 valence electrons. The van der Waals surface area contributed by atoms with E-state index in [0.717, 1.165) is 5.69 Å². The minimum absolute atomic E-state index is 0.0699. The standard InChI is InChI=1S/C21H17N5O3S/c1-12(27)17-16(22)15(20(30-17)23-14-10-6-3-7-11-14)19-25-26-21(29-19)24-18(28)13-8-4-2-5-9-13/h2-11,23H,22H2,1H3,(H,24,26,28). The van der Waals surface area contributed by atoms with Crippen molar-refractivity contribution in [3.63, 3.8) is 0 Å². The molecule has 4 rings (SSSR count). The fraction of sp³-hybridized carbons (Fsp3) is 0.0476. The summed E-state index contributed by atoms with van der Waals surface area (Å²) in [5.74, 6) is -0.453. The van der Waals surface area contributed by atoms with Gasteiger partial charge in [-0.05, 0) is 24.3 Å². The highest BCUT2D eigenvalue weighted by Gasteiger charge is 2.25. The summed E-state index contributed by atoms with van der Waals surface area (Å²) >= 11 is 1.20. The summed E-state index contributed by atoms with van der Waals surface area (Å²) in [6.45, 7) is 1.44. The van der Waals surface area contributed by atoms with Crippen LogP contribution in [-0.4, -0.2) is 21.9 Å². The number of nitrogens with one attached hydrogen (secondary N) is 2.